The van der Waals surface area contributed by atoms with E-state index in [1.807, 2.05) is 51.1 Å². The molecule has 0 aliphatic rings. The average molecular weight is 342 g/mol. The molecule has 0 aliphatic carbocycles. The van der Waals surface area contributed by atoms with Gasteiger partial charge in [0.1, 0.15) is 0 Å². The number of hydrogen-bond acceptors (Lipinski definition) is 5. The topological polar surface area (TPSA) is 78.4 Å². The lowest BCUT2D eigenvalue weighted by molar-refractivity contribution is 0.0693. The number of nitrogens with one attached hydrogen (secondary N) is 1. The van der Waals surface area contributed by atoms with Crippen LogP contribution in [-0.4, -0.2) is 45.1 Å². The van der Waals surface area contributed by atoms with E-state index in [4.69, 9.17) is 0 Å². The molecule has 0 saturated heterocycles. The Morgan fingerprint density at radius 3 is 2.36 bits per heavy atom. The van der Waals surface area contributed by atoms with Gasteiger partial charge in [-0.1, -0.05) is 37.3 Å². The van der Waals surface area contributed by atoms with E-state index in [0.717, 1.165) is 5.56 Å². The van der Waals surface area contributed by atoms with Gasteiger partial charge in [0, 0.05) is 38.1 Å². The predicted molar refractivity (Wildman–Crippen MR) is 98.2 cm³/mol. The number of amides is 1. The monoisotopic (exact) mass is 342 g/mol. The first kappa shape index (κ1) is 18.9. The number of aromatic nitrogens is 2. The van der Waals surface area contributed by atoms with Crippen LogP contribution < -0.4 is 5.32 Å². The van der Waals surface area contributed by atoms with Gasteiger partial charge in [0.05, 0.1) is 5.56 Å². The summed E-state index contributed by atoms with van der Waals surface area (Å²) >= 11 is 0. The summed E-state index contributed by atoms with van der Waals surface area (Å²) in [5, 5.41) is 12.5. The molecule has 2 N–H and O–H groups in total. The molecule has 25 heavy (non-hydrogen) atoms. The van der Waals surface area contributed by atoms with Gasteiger partial charge >= 0.3 is 0 Å². The maximum atomic E-state index is 12.9. The van der Waals surface area contributed by atoms with Crippen molar-refractivity contribution in [2.24, 2.45) is 5.92 Å². The Morgan fingerprint density at radius 1 is 1.16 bits per heavy atom. The molecular weight excluding hydrogens is 316 g/mol. The van der Waals surface area contributed by atoms with Gasteiger partial charge in [-0.05, 0) is 25.3 Å². The molecule has 1 amide bonds. The van der Waals surface area contributed by atoms with Crippen LogP contribution in [0.5, 0.6) is 0 Å². The lowest BCUT2D eigenvalue weighted by Gasteiger charge is -2.25. The molecule has 0 bridgehead atoms. The number of aliphatic hydroxyl groups excluding tert-OH is 1. The van der Waals surface area contributed by atoms with E-state index >= 15 is 0 Å². The molecule has 0 fully saturated rings. The standard InChI is InChI=1S/C19H26N4O2/c1-14(2)22-19-20-9-17(10-21-19)18(25)23(11-15(3)13-24)12-16-7-5-4-6-8-16/h4-10,14-15,24H,11-13H2,1-3H3,(H,20,21,22)/t15-/m0/s1. The van der Waals surface area contributed by atoms with Crippen LogP contribution in [0.25, 0.3) is 0 Å². The van der Waals surface area contributed by atoms with E-state index < -0.39 is 0 Å². The normalized spacial score (nSPS) is 12.0. The number of rotatable bonds is 8. The Balaban J connectivity index is 2.16. The number of nitrogens with zero attached hydrogens (tertiary/aromatic N) is 3. The smallest absolute Gasteiger partial charge is 0.257 e. The molecule has 6 nitrogen and oxygen atoms in total. The average Bonchev–Trinajstić information content (AvgIpc) is 2.61. The van der Waals surface area contributed by atoms with Gasteiger partial charge in [-0.2, -0.15) is 0 Å². The third-order valence-corrected chi connectivity index (χ3v) is 3.66. The van der Waals surface area contributed by atoms with Crippen molar-refractivity contribution in [2.75, 3.05) is 18.5 Å². The van der Waals surface area contributed by atoms with Gasteiger partial charge in [-0.3, -0.25) is 4.79 Å². The van der Waals surface area contributed by atoms with Gasteiger partial charge in [0.2, 0.25) is 5.95 Å². The zero-order chi connectivity index (χ0) is 18.2. The fourth-order valence-electron chi connectivity index (χ4n) is 2.41. The SMILES string of the molecule is CC(C)Nc1ncc(C(=O)N(Cc2ccccc2)C[C@H](C)CO)cn1. The van der Waals surface area contributed by atoms with Crippen LogP contribution in [0.1, 0.15) is 36.7 Å². The van der Waals surface area contributed by atoms with E-state index in [2.05, 4.69) is 15.3 Å². The first-order chi connectivity index (χ1) is 12.0. The van der Waals surface area contributed by atoms with Crippen molar-refractivity contribution in [3.05, 3.63) is 53.9 Å². The van der Waals surface area contributed by atoms with Gasteiger partial charge in [0.25, 0.3) is 5.91 Å². The van der Waals surface area contributed by atoms with Crippen LogP contribution in [0.15, 0.2) is 42.7 Å². The number of hydrogen-bond donors (Lipinski definition) is 2. The second kappa shape index (κ2) is 9.13. The molecule has 1 atom stereocenters. The van der Waals surface area contributed by atoms with Crippen molar-refractivity contribution in [1.29, 1.82) is 0 Å². The van der Waals surface area contributed by atoms with Crippen LogP contribution >= 0.6 is 0 Å². The highest BCUT2D eigenvalue weighted by Crippen LogP contribution is 2.12. The molecule has 2 aromatic rings. The Bertz CT molecular complexity index is 659. The second-order valence-electron chi connectivity index (χ2n) is 6.55. The zero-order valence-corrected chi connectivity index (χ0v) is 15.0. The van der Waals surface area contributed by atoms with Crippen LogP contribution in [-0.2, 0) is 6.54 Å². The summed E-state index contributed by atoms with van der Waals surface area (Å²) in [5.74, 6) is 0.362. The molecule has 0 unspecified atom stereocenters. The van der Waals surface area contributed by atoms with Gasteiger partial charge in [-0.25, -0.2) is 9.97 Å². The Morgan fingerprint density at radius 2 is 1.80 bits per heavy atom. The molecule has 0 spiro atoms. The summed E-state index contributed by atoms with van der Waals surface area (Å²) < 4.78 is 0. The molecule has 6 heteroatoms. The van der Waals surface area contributed by atoms with Crippen molar-refractivity contribution in [3.63, 3.8) is 0 Å². The number of carbonyl (C=O) groups excluding carboxylic acids is 1. The number of carbonyl (C=O) groups is 1. The van der Waals surface area contributed by atoms with E-state index in [1.165, 1.54) is 0 Å². The second-order valence-corrected chi connectivity index (χ2v) is 6.55. The van der Waals surface area contributed by atoms with Crippen molar-refractivity contribution in [3.8, 4) is 0 Å². The largest absolute Gasteiger partial charge is 0.396 e. The fraction of sp³-hybridized carbons (Fsp3) is 0.421. The number of benzene rings is 1. The highest BCUT2D eigenvalue weighted by Gasteiger charge is 2.19. The predicted octanol–water partition coefficient (Wildman–Crippen LogP) is 2.57. The van der Waals surface area contributed by atoms with Crippen LogP contribution in [0.4, 0.5) is 5.95 Å². The van der Waals surface area contributed by atoms with Gasteiger partial charge in [-0.15, -0.1) is 0 Å². The quantitative estimate of drug-likeness (QED) is 0.771. The van der Waals surface area contributed by atoms with Crippen molar-refractivity contribution < 1.29 is 9.90 Å². The molecule has 0 aliphatic heterocycles. The van der Waals surface area contributed by atoms with Crippen LogP contribution in [0.3, 0.4) is 0 Å². The highest BCUT2D eigenvalue weighted by molar-refractivity contribution is 5.93. The molecule has 0 radical (unpaired) electrons. The molecule has 1 heterocycles. The summed E-state index contributed by atoms with van der Waals surface area (Å²) in [5.41, 5.74) is 1.48. The molecular formula is C19H26N4O2. The summed E-state index contributed by atoms with van der Waals surface area (Å²) in [6.07, 6.45) is 3.09. The third-order valence-electron chi connectivity index (χ3n) is 3.66. The summed E-state index contributed by atoms with van der Waals surface area (Å²) in [6.45, 7) is 6.90. The van der Waals surface area contributed by atoms with Crippen molar-refractivity contribution >= 4 is 11.9 Å². The minimum Gasteiger partial charge on any atom is -0.396 e. The summed E-state index contributed by atoms with van der Waals surface area (Å²) in [7, 11) is 0. The Hall–Kier alpha value is -2.47. The third kappa shape index (κ3) is 5.83. The van der Waals surface area contributed by atoms with E-state index in [-0.39, 0.29) is 24.5 Å². The molecule has 2 rings (SSSR count). The van der Waals surface area contributed by atoms with Gasteiger partial charge in [0.15, 0.2) is 0 Å². The van der Waals surface area contributed by atoms with E-state index in [0.29, 0.717) is 24.6 Å². The molecule has 134 valence electrons. The molecule has 1 aromatic carbocycles. The first-order valence-electron chi connectivity index (χ1n) is 8.52. The maximum absolute atomic E-state index is 12.9. The first-order valence-corrected chi connectivity index (χ1v) is 8.52. The summed E-state index contributed by atoms with van der Waals surface area (Å²) in [4.78, 5) is 23.0. The van der Waals surface area contributed by atoms with Crippen molar-refractivity contribution in [1.82, 2.24) is 14.9 Å². The van der Waals surface area contributed by atoms with Gasteiger partial charge < -0.3 is 15.3 Å². The Kier molecular flexibility index (Phi) is 6.89. The number of aliphatic hydroxyl groups is 1. The minimum absolute atomic E-state index is 0.00420. The zero-order valence-electron chi connectivity index (χ0n) is 15.0. The molecule has 0 saturated carbocycles. The van der Waals surface area contributed by atoms with E-state index in [1.54, 1.807) is 17.3 Å². The highest BCUT2D eigenvalue weighted by atomic mass is 16.3. The van der Waals surface area contributed by atoms with Crippen LogP contribution in [0, 0.1) is 5.92 Å². The lowest BCUT2D eigenvalue weighted by atomic mass is 10.1. The Labute approximate surface area is 148 Å². The summed E-state index contributed by atoms with van der Waals surface area (Å²) in [6, 6.07) is 10.0. The van der Waals surface area contributed by atoms with Crippen molar-refractivity contribution in [2.45, 2.75) is 33.4 Å². The lowest BCUT2D eigenvalue weighted by Crippen LogP contribution is -2.35. The molecule has 1 aromatic heterocycles. The maximum Gasteiger partial charge on any atom is 0.257 e. The van der Waals surface area contributed by atoms with Crippen LogP contribution in [0.2, 0.25) is 0 Å². The van der Waals surface area contributed by atoms with E-state index in [9.17, 15) is 9.90 Å². The fourth-order valence-corrected chi connectivity index (χ4v) is 2.41. The minimum atomic E-state index is -0.139. The number of anilines is 1.